The molecule has 9 atom stereocenters. The average molecular weight is 469 g/mol. The van der Waals surface area contributed by atoms with Gasteiger partial charge in [-0.1, -0.05) is 40.7 Å². The van der Waals surface area contributed by atoms with Gasteiger partial charge in [-0.05, 0) is 79.3 Å². The van der Waals surface area contributed by atoms with E-state index in [1.54, 1.807) is 6.08 Å². The van der Waals surface area contributed by atoms with Gasteiger partial charge < -0.3 is 9.47 Å². The maximum Gasteiger partial charge on any atom is 0.331 e. The molecule has 4 aliphatic carbocycles. The molecule has 0 N–H and O–H groups in total. The van der Waals surface area contributed by atoms with Crippen LogP contribution in [0.1, 0.15) is 80.6 Å². The lowest BCUT2D eigenvalue weighted by Gasteiger charge is -2.68. The molecule has 5 aliphatic rings. The predicted octanol–water partition coefficient (Wildman–Crippen LogP) is 5.43. The van der Waals surface area contributed by atoms with Crippen LogP contribution in [0.3, 0.4) is 0 Å². The smallest absolute Gasteiger partial charge is 0.331 e. The molecule has 1 aliphatic heterocycles. The molecule has 0 aromatic heterocycles. The Kier molecular flexibility index (Phi) is 4.95. The molecule has 0 aromatic rings. The lowest BCUT2D eigenvalue weighted by molar-refractivity contribution is -0.222. The Balaban J connectivity index is 1.62. The van der Waals surface area contributed by atoms with E-state index < -0.39 is 11.0 Å². The topological polar surface area (TPSA) is 69.7 Å². The maximum atomic E-state index is 12.9. The van der Waals surface area contributed by atoms with E-state index in [0.717, 1.165) is 32.1 Å². The number of cyclic esters (lactones) is 1. The summed E-state index contributed by atoms with van der Waals surface area (Å²) in [6.07, 6.45) is 12.0. The number of allylic oxidation sites excluding steroid dienone is 2. The molecule has 5 heteroatoms. The molecule has 9 unspecified atom stereocenters. The van der Waals surface area contributed by atoms with Crippen molar-refractivity contribution in [2.45, 2.75) is 92.3 Å². The Bertz CT molecular complexity index is 1010. The summed E-state index contributed by atoms with van der Waals surface area (Å²) in [5.74, 6) is 0.459. The fourth-order valence-corrected chi connectivity index (χ4v) is 9.72. The minimum absolute atomic E-state index is 0.0256. The molecule has 0 spiro atoms. The Morgan fingerprint density at radius 1 is 0.941 bits per heavy atom. The van der Waals surface area contributed by atoms with E-state index in [-0.39, 0.29) is 57.8 Å². The first-order valence-corrected chi connectivity index (χ1v) is 13.0. The molecule has 0 saturated heterocycles. The average Bonchev–Trinajstić information content (AvgIpc) is 3.28. The van der Waals surface area contributed by atoms with Gasteiger partial charge in [-0.15, -0.1) is 0 Å². The van der Waals surface area contributed by atoms with Gasteiger partial charge in [0.2, 0.25) is 0 Å². The summed E-state index contributed by atoms with van der Waals surface area (Å²) in [5, 5.41) is 0. The van der Waals surface area contributed by atoms with E-state index in [1.165, 1.54) is 6.92 Å². The lowest BCUT2D eigenvalue weighted by Crippen LogP contribution is -2.65. The second-order valence-corrected chi connectivity index (χ2v) is 13.3. The van der Waals surface area contributed by atoms with Crippen LogP contribution in [-0.2, 0) is 23.9 Å². The predicted molar refractivity (Wildman–Crippen MR) is 128 cm³/mol. The summed E-state index contributed by atoms with van der Waals surface area (Å²) >= 11 is 0. The number of carbonyl (C=O) groups is 3. The third-order valence-electron chi connectivity index (χ3n) is 11.6. The van der Waals surface area contributed by atoms with Gasteiger partial charge in [-0.25, -0.2) is 4.79 Å². The zero-order valence-electron chi connectivity index (χ0n) is 21.8. The molecule has 0 bridgehead atoms. The Morgan fingerprint density at radius 2 is 1.62 bits per heavy atom. The number of hydrogen-bond donors (Lipinski definition) is 0. The molecule has 34 heavy (non-hydrogen) atoms. The third-order valence-corrected chi connectivity index (χ3v) is 11.6. The van der Waals surface area contributed by atoms with Crippen LogP contribution in [0.4, 0.5) is 0 Å². The van der Waals surface area contributed by atoms with Crippen LogP contribution in [0, 0.1) is 45.3 Å². The highest BCUT2D eigenvalue weighted by atomic mass is 16.6. The van der Waals surface area contributed by atoms with Crippen LogP contribution in [0.25, 0.3) is 0 Å². The molecule has 5 rings (SSSR count). The van der Waals surface area contributed by atoms with Crippen molar-refractivity contribution in [3.05, 3.63) is 24.3 Å². The molecule has 0 aromatic carbocycles. The number of carbonyl (C=O) groups excluding carboxylic acids is 3. The van der Waals surface area contributed by atoms with E-state index in [2.05, 4.69) is 40.7 Å². The van der Waals surface area contributed by atoms with Gasteiger partial charge in [0.05, 0.1) is 0 Å². The Hall–Kier alpha value is -1.91. The van der Waals surface area contributed by atoms with Crippen LogP contribution in [0.5, 0.6) is 0 Å². The summed E-state index contributed by atoms with van der Waals surface area (Å²) in [4.78, 5) is 37.3. The van der Waals surface area contributed by atoms with Gasteiger partial charge in [0.25, 0.3) is 0 Å². The first-order chi connectivity index (χ1) is 15.7. The van der Waals surface area contributed by atoms with Gasteiger partial charge >= 0.3 is 11.9 Å². The number of esters is 2. The standard InChI is InChI=1S/C29H40O5/c1-17(30)33-19-16-21-26(4)12-10-22(31)25(2,3)20(26)9-14-27(21,5)28(6)13-8-18(24(19)28)29(7)15-11-23(32)34-29/h10-12,15,18-21,24H,8-9,13-14,16H2,1-7H3. The van der Waals surface area contributed by atoms with Crippen LogP contribution in [-0.4, -0.2) is 29.4 Å². The van der Waals surface area contributed by atoms with E-state index in [4.69, 9.17) is 9.47 Å². The highest BCUT2D eigenvalue weighted by Crippen LogP contribution is 2.75. The minimum atomic E-state index is -0.665. The fraction of sp³-hybridized carbons (Fsp3) is 0.759. The summed E-state index contributed by atoms with van der Waals surface area (Å²) in [6, 6.07) is 0. The summed E-state index contributed by atoms with van der Waals surface area (Å²) in [6.45, 7) is 14.9. The Labute approximate surface area is 203 Å². The largest absolute Gasteiger partial charge is 0.462 e. The SMILES string of the molecule is CC(=O)OC1CC2C3(C)C=CC(=O)C(C)(C)C3CCC2(C)C2(C)CCC(C3(C)C=CC(=O)O3)C12. The third kappa shape index (κ3) is 2.88. The van der Waals surface area contributed by atoms with Crippen molar-refractivity contribution in [2.24, 2.45) is 45.3 Å². The maximum absolute atomic E-state index is 12.9. The van der Waals surface area contributed by atoms with Gasteiger partial charge in [-0.2, -0.15) is 0 Å². The first kappa shape index (κ1) is 23.8. The van der Waals surface area contributed by atoms with Crippen molar-refractivity contribution in [2.75, 3.05) is 0 Å². The number of rotatable bonds is 2. The summed E-state index contributed by atoms with van der Waals surface area (Å²) in [7, 11) is 0. The van der Waals surface area contributed by atoms with Crippen LogP contribution in [0.15, 0.2) is 24.3 Å². The molecule has 186 valence electrons. The van der Waals surface area contributed by atoms with Gasteiger partial charge in [0, 0.05) is 30.3 Å². The molecule has 3 saturated carbocycles. The van der Waals surface area contributed by atoms with Crippen molar-refractivity contribution in [1.29, 1.82) is 0 Å². The molecule has 3 fully saturated rings. The lowest BCUT2D eigenvalue weighted by atomic mass is 9.36. The second-order valence-electron chi connectivity index (χ2n) is 13.3. The zero-order chi connectivity index (χ0) is 24.9. The molecular weight excluding hydrogens is 428 g/mol. The number of fused-ring (bicyclic) bond motifs is 5. The van der Waals surface area contributed by atoms with Crippen molar-refractivity contribution < 1.29 is 23.9 Å². The monoisotopic (exact) mass is 468 g/mol. The van der Waals surface area contributed by atoms with Crippen molar-refractivity contribution >= 4 is 17.7 Å². The van der Waals surface area contributed by atoms with Gasteiger partial charge in [0.1, 0.15) is 11.7 Å². The number of ketones is 1. The zero-order valence-corrected chi connectivity index (χ0v) is 21.8. The fourth-order valence-electron chi connectivity index (χ4n) is 9.72. The van der Waals surface area contributed by atoms with Crippen LogP contribution in [0.2, 0.25) is 0 Å². The molecule has 5 nitrogen and oxygen atoms in total. The van der Waals surface area contributed by atoms with Crippen molar-refractivity contribution in [1.82, 2.24) is 0 Å². The summed E-state index contributed by atoms with van der Waals surface area (Å²) in [5.41, 5.74) is -1.24. The number of hydrogen-bond acceptors (Lipinski definition) is 5. The Morgan fingerprint density at radius 3 is 2.24 bits per heavy atom. The quantitative estimate of drug-likeness (QED) is 0.506. The molecule has 0 amide bonds. The van der Waals surface area contributed by atoms with Gasteiger partial charge in [0.15, 0.2) is 5.78 Å². The van der Waals surface area contributed by atoms with E-state index >= 15 is 0 Å². The normalized spacial score (nSPS) is 50.9. The van der Waals surface area contributed by atoms with Crippen LogP contribution >= 0.6 is 0 Å². The molecule has 1 heterocycles. The van der Waals surface area contributed by atoms with Crippen molar-refractivity contribution in [3.63, 3.8) is 0 Å². The highest BCUT2D eigenvalue weighted by molar-refractivity contribution is 5.95. The van der Waals surface area contributed by atoms with Crippen LogP contribution < -0.4 is 0 Å². The second kappa shape index (κ2) is 7.07. The van der Waals surface area contributed by atoms with E-state index in [9.17, 15) is 14.4 Å². The number of ether oxygens (including phenoxy) is 2. The van der Waals surface area contributed by atoms with Gasteiger partial charge in [-0.3, -0.25) is 9.59 Å². The minimum Gasteiger partial charge on any atom is -0.462 e. The molecule has 0 radical (unpaired) electrons. The highest BCUT2D eigenvalue weighted by Gasteiger charge is 2.72. The van der Waals surface area contributed by atoms with E-state index in [1.807, 2.05) is 19.1 Å². The van der Waals surface area contributed by atoms with Crippen molar-refractivity contribution in [3.8, 4) is 0 Å². The van der Waals surface area contributed by atoms with E-state index in [0.29, 0.717) is 5.92 Å². The first-order valence-electron chi connectivity index (χ1n) is 13.0. The summed E-state index contributed by atoms with van der Waals surface area (Å²) < 4.78 is 12.0. The molecular formula is C29H40O5.